The van der Waals surface area contributed by atoms with E-state index in [4.69, 9.17) is 14.3 Å². The highest BCUT2D eigenvalue weighted by molar-refractivity contribution is 5.96. The van der Waals surface area contributed by atoms with Crippen molar-refractivity contribution in [2.45, 2.75) is 33.7 Å². The summed E-state index contributed by atoms with van der Waals surface area (Å²) in [6.45, 7) is 6.50. The highest BCUT2D eigenvalue weighted by Crippen LogP contribution is 2.22. The fraction of sp³-hybridized carbons (Fsp3) is 0.333. The quantitative estimate of drug-likeness (QED) is 0.687. The van der Waals surface area contributed by atoms with Crippen molar-refractivity contribution >= 4 is 5.91 Å². The Balaban J connectivity index is 1.92. The first-order chi connectivity index (χ1) is 13.0. The summed E-state index contributed by atoms with van der Waals surface area (Å²) in [4.78, 5) is 12.9. The predicted octanol–water partition coefficient (Wildman–Crippen LogP) is 3.91. The van der Waals surface area contributed by atoms with Gasteiger partial charge in [-0.1, -0.05) is 13.8 Å². The third kappa shape index (κ3) is 4.22. The molecular formula is C21H25N3O3. The molecule has 0 bridgehead atoms. The number of carbonyl (C=O) groups excluding carboxylic acids is 1. The number of nitrogens with one attached hydrogen (secondary N) is 1. The van der Waals surface area contributed by atoms with Crippen molar-refractivity contribution in [3.05, 3.63) is 65.4 Å². The van der Waals surface area contributed by atoms with Gasteiger partial charge in [-0.15, -0.1) is 0 Å². The molecule has 0 aliphatic heterocycles. The lowest BCUT2D eigenvalue weighted by atomic mass is 10.0. The molecule has 0 fully saturated rings. The first-order valence-electron chi connectivity index (χ1n) is 9.03. The van der Waals surface area contributed by atoms with Gasteiger partial charge < -0.3 is 14.5 Å². The van der Waals surface area contributed by atoms with Crippen LogP contribution in [-0.2, 0) is 13.0 Å². The molecule has 0 saturated heterocycles. The fourth-order valence-corrected chi connectivity index (χ4v) is 3.03. The van der Waals surface area contributed by atoms with Gasteiger partial charge in [-0.05, 0) is 55.7 Å². The number of rotatable bonds is 7. The molecule has 0 spiro atoms. The third-order valence-corrected chi connectivity index (χ3v) is 4.34. The van der Waals surface area contributed by atoms with E-state index < -0.39 is 0 Å². The van der Waals surface area contributed by atoms with Crippen molar-refractivity contribution < 1.29 is 13.9 Å². The molecule has 2 heterocycles. The Kier molecular flexibility index (Phi) is 5.64. The van der Waals surface area contributed by atoms with E-state index in [1.807, 2.05) is 41.9 Å². The van der Waals surface area contributed by atoms with E-state index in [0.717, 1.165) is 29.2 Å². The Labute approximate surface area is 159 Å². The number of methoxy groups -OCH3 is 1. The maximum atomic E-state index is 12.9. The zero-order valence-corrected chi connectivity index (χ0v) is 16.2. The highest BCUT2D eigenvalue weighted by atomic mass is 16.5. The van der Waals surface area contributed by atoms with E-state index in [1.165, 1.54) is 0 Å². The van der Waals surface area contributed by atoms with Crippen molar-refractivity contribution in [2.24, 2.45) is 5.92 Å². The molecule has 0 aliphatic rings. The number of amides is 1. The summed E-state index contributed by atoms with van der Waals surface area (Å²) in [5, 5.41) is 7.67. The lowest BCUT2D eigenvalue weighted by molar-refractivity contribution is 0.0946. The number of ether oxygens (including phenoxy) is 1. The van der Waals surface area contributed by atoms with Crippen molar-refractivity contribution in [3.8, 4) is 11.4 Å². The van der Waals surface area contributed by atoms with E-state index in [0.29, 0.717) is 23.8 Å². The minimum atomic E-state index is -0.140. The minimum absolute atomic E-state index is 0.140. The zero-order valence-electron chi connectivity index (χ0n) is 16.2. The van der Waals surface area contributed by atoms with Crippen LogP contribution in [0, 0.1) is 12.8 Å². The van der Waals surface area contributed by atoms with Crippen LogP contribution in [0.15, 0.2) is 47.1 Å². The molecule has 6 nitrogen and oxygen atoms in total. The van der Waals surface area contributed by atoms with Gasteiger partial charge in [0.15, 0.2) is 0 Å². The van der Waals surface area contributed by atoms with Crippen LogP contribution in [0.3, 0.4) is 0 Å². The summed E-state index contributed by atoms with van der Waals surface area (Å²) < 4.78 is 12.3. The second-order valence-corrected chi connectivity index (χ2v) is 6.88. The minimum Gasteiger partial charge on any atom is -0.497 e. The molecule has 0 radical (unpaired) electrons. The molecule has 1 aromatic carbocycles. The maximum absolute atomic E-state index is 12.9. The Morgan fingerprint density at radius 1 is 1.26 bits per heavy atom. The van der Waals surface area contributed by atoms with Crippen molar-refractivity contribution in [2.75, 3.05) is 7.11 Å². The lowest BCUT2D eigenvalue weighted by Crippen LogP contribution is -2.24. The predicted molar refractivity (Wildman–Crippen MR) is 103 cm³/mol. The number of furan rings is 1. The normalized spacial score (nSPS) is 11.0. The molecule has 1 amide bonds. The number of carbonyl (C=O) groups is 1. The summed E-state index contributed by atoms with van der Waals surface area (Å²) in [6, 6.07) is 11.3. The van der Waals surface area contributed by atoms with E-state index in [2.05, 4.69) is 19.2 Å². The molecule has 27 heavy (non-hydrogen) atoms. The molecule has 142 valence electrons. The van der Waals surface area contributed by atoms with E-state index >= 15 is 0 Å². The first kappa shape index (κ1) is 18.8. The van der Waals surface area contributed by atoms with Crippen LogP contribution in [0.25, 0.3) is 5.69 Å². The van der Waals surface area contributed by atoms with Gasteiger partial charge in [0.25, 0.3) is 5.91 Å². The fourth-order valence-electron chi connectivity index (χ4n) is 3.03. The Hall–Kier alpha value is -3.02. The molecule has 0 aliphatic carbocycles. The molecule has 0 atom stereocenters. The molecule has 3 rings (SSSR count). The second kappa shape index (κ2) is 8.12. The largest absolute Gasteiger partial charge is 0.497 e. The van der Waals surface area contributed by atoms with Crippen molar-refractivity contribution in [1.29, 1.82) is 0 Å². The van der Waals surface area contributed by atoms with Gasteiger partial charge in [-0.2, -0.15) is 5.10 Å². The Morgan fingerprint density at radius 2 is 2.00 bits per heavy atom. The van der Waals surface area contributed by atoms with Gasteiger partial charge in [-0.3, -0.25) is 4.79 Å². The van der Waals surface area contributed by atoms with Gasteiger partial charge in [0.2, 0.25) is 0 Å². The first-order valence-corrected chi connectivity index (χ1v) is 9.03. The molecule has 2 aromatic heterocycles. The van der Waals surface area contributed by atoms with Crippen LogP contribution in [0.2, 0.25) is 0 Å². The SMILES string of the molecule is COc1ccc(-n2nc(CC(C)C)c(C(=O)NCc3ccco3)c2C)cc1. The maximum Gasteiger partial charge on any atom is 0.255 e. The molecule has 0 unspecified atom stereocenters. The topological polar surface area (TPSA) is 69.3 Å². The number of hydrogen-bond donors (Lipinski definition) is 1. The standard InChI is InChI=1S/C21H25N3O3/c1-14(2)12-19-20(21(25)22-13-18-6-5-11-27-18)15(3)24(23-19)16-7-9-17(26-4)10-8-16/h5-11,14H,12-13H2,1-4H3,(H,22,25). The van der Waals surface area contributed by atoms with Crippen LogP contribution in [0.5, 0.6) is 5.75 Å². The molecule has 1 N–H and O–H groups in total. The van der Waals surface area contributed by atoms with Crippen LogP contribution < -0.4 is 10.1 Å². The number of aromatic nitrogens is 2. The smallest absolute Gasteiger partial charge is 0.255 e. The number of nitrogens with zero attached hydrogens (tertiary/aromatic N) is 2. The summed E-state index contributed by atoms with van der Waals surface area (Å²) in [6.07, 6.45) is 2.33. The average molecular weight is 367 g/mol. The van der Waals surface area contributed by atoms with Crippen LogP contribution in [-0.4, -0.2) is 22.8 Å². The summed E-state index contributed by atoms with van der Waals surface area (Å²) in [5.41, 5.74) is 3.14. The van der Waals surface area contributed by atoms with Crippen LogP contribution in [0.4, 0.5) is 0 Å². The molecule has 3 aromatic rings. The third-order valence-electron chi connectivity index (χ3n) is 4.34. The van der Waals surface area contributed by atoms with Gasteiger partial charge in [0.1, 0.15) is 11.5 Å². The molecule has 6 heteroatoms. The lowest BCUT2D eigenvalue weighted by Gasteiger charge is -2.07. The van der Waals surface area contributed by atoms with E-state index in [1.54, 1.807) is 19.4 Å². The van der Waals surface area contributed by atoms with Gasteiger partial charge in [0, 0.05) is 0 Å². The number of benzene rings is 1. The second-order valence-electron chi connectivity index (χ2n) is 6.88. The summed E-state index contributed by atoms with van der Waals surface area (Å²) in [5.74, 6) is 1.75. The van der Waals surface area contributed by atoms with Crippen molar-refractivity contribution in [1.82, 2.24) is 15.1 Å². The van der Waals surface area contributed by atoms with Gasteiger partial charge >= 0.3 is 0 Å². The average Bonchev–Trinajstić information content (AvgIpc) is 3.27. The van der Waals surface area contributed by atoms with E-state index in [-0.39, 0.29) is 5.91 Å². The van der Waals surface area contributed by atoms with E-state index in [9.17, 15) is 4.79 Å². The van der Waals surface area contributed by atoms with Crippen molar-refractivity contribution in [3.63, 3.8) is 0 Å². The van der Waals surface area contributed by atoms with Gasteiger partial charge in [-0.25, -0.2) is 4.68 Å². The zero-order chi connectivity index (χ0) is 19.4. The summed E-state index contributed by atoms with van der Waals surface area (Å²) >= 11 is 0. The Bertz CT molecular complexity index is 894. The summed E-state index contributed by atoms with van der Waals surface area (Å²) in [7, 11) is 1.64. The molecule has 0 saturated carbocycles. The molecular weight excluding hydrogens is 342 g/mol. The van der Waals surface area contributed by atoms with Gasteiger partial charge in [0.05, 0.1) is 42.6 Å². The Morgan fingerprint density at radius 3 is 2.59 bits per heavy atom. The number of hydrogen-bond acceptors (Lipinski definition) is 4. The van der Waals surface area contributed by atoms with Crippen LogP contribution in [0.1, 0.15) is 41.4 Å². The monoisotopic (exact) mass is 367 g/mol. The van der Waals surface area contributed by atoms with Crippen LogP contribution >= 0.6 is 0 Å². The highest BCUT2D eigenvalue weighted by Gasteiger charge is 2.22.